The Morgan fingerprint density at radius 2 is 2.00 bits per heavy atom. The fourth-order valence-corrected chi connectivity index (χ4v) is 3.60. The van der Waals surface area contributed by atoms with Crippen LogP contribution in [0.25, 0.3) is 16.7 Å². The van der Waals surface area contributed by atoms with E-state index in [1.54, 1.807) is 37.4 Å². The van der Waals surface area contributed by atoms with E-state index in [4.69, 9.17) is 11.6 Å². The van der Waals surface area contributed by atoms with Crippen molar-refractivity contribution in [2.45, 2.75) is 6.92 Å². The summed E-state index contributed by atoms with van der Waals surface area (Å²) in [6.07, 6.45) is 1.55. The van der Waals surface area contributed by atoms with E-state index in [0.717, 1.165) is 0 Å². The molecule has 0 bridgehead atoms. The van der Waals surface area contributed by atoms with Crippen molar-refractivity contribution in [3.8, 4) is 5.69 Å². The molecule has 0 unspecified atom stereocenters. The number of benzene rings is 2. The van der Waals surface area contributed by atoms with Gasteiger partial charge in [-0.25, -0.2) is 14.4 Å². The van der Waals surface area contributed by atoms with Crippen molar-refractivity contribution in [3.63, 3.8) is 0 Å². The van der Waals surface area contributed by atoms with Gasteiger partial charge in [0.05, 0.1) is 27.3 Å². The minimum absolute atomic E-state index is 0.0916. The van der Waals surface area contributed by atoms with Gasteiger partial charge in [-0.2, -0.15) is 0 Å². The van der Waals surface area contributed by atoms with Crippen molar-refractivity contribution in [2.75, 3.05) is 5.32 Å². The molecule has 1 N–H and O–H groups in total. The van der Waals surface area contributed by atoms with Gasteiger partial charge >= 0.3 is 0 Å². The van der Waals surface area contributed by atoms with Crippen LogP contribution in [0.3, 0.4) is 0 Å². The number of carbonyl (C=O) groups is 1. The number of hydrogen-bond acceptors (Lipinski definition) is 4. The lowest BCUT2D eigenvalue weighted by Gasteiger charge is -2.13. The quantitative estimate of drug-likeness (QED) is 0.446. The lowest BCUT2D eigenvalue weighted by molar-refractivity contribution is 0.102. The van der Waals surface area contributed by atoms with Gasteiger partial charge in [0.2, 0.25) is 0 Å². The zero-order chi connectivity index (χ0) is 21.4. The highest BCUT2D eigenvalue weighted by molar-refractivity contribution is 9.10. The zero-order valence-electron chi connectivity index (χ0n) is 15.5. The number of carbonyl (C=O) groups excluding carboxylic acids is 1. The molecule has 30 heavy (non-hydrogen) atoms. The third-order valence-corrected chi connectivity index (χ3v) is 5.26. The first-order valence-electron chi connectivity index (χ1n) is 8.76. The predicted molar refractivity (Wildman–Crippen MR) is 117 cm³/mol. The van der Waals surface area contributed by atoms with E-state index in [0.29, 0.717) is 27.0 Å². The van der Waals surface area contributed by atoms with Crippen LogP contribution in [0.2, 0.25) is 5.02 Å². The van der Waals surface area contributed by atoms with Crippen molar-refractivity contribution >= 4 is 50.2 Å². The van der Waals surface area contributed by atoms with E-state index in [1.807, 2.05) is 0 Å². The van der Waals surface area contributed by atoms with Gasteiger partial charge in [0.25, 0.3) is 11.5 Å². The second-order valence-electron chi connectivity index (χ2n) is 6.42. The van der Waals surface area contributed by atoms with Crippen LogP contribution in [0, 0.1) is 12.7 Å². The average Bonchev–Trinajstić information content (AvgIpc) is 2.72. The van der Waals surface area contributed by atoms with Crippen LogP contribution < -0.4 is 10.9 Å². The van der Waals surface area contributed by atoms with E-state index < -0.39 is 11.7 Å². The van der Waals surface area contributed by atoms with Gasteiger partial charge in [-0.1, -0.05) is 27.5 Å². The monoisotopic (exact) mass is 486 g/mol. The number of nitrogens with one attached hydrogen (secondary N) is 1. The third-order valence-electron chi connectivity index (χ3n) is 4.44. The van der Waals surface area contributed by atoms with Gasteiger partial charge in [0.15, 0.2) is 5.65 Å². The molecule has 6 nitrogen and oxygen atoms in total. The number of amides is 1. The first-order chi connectivity index (χ1) is 14.3. The smallest absolute Gasteiger partial charge is 0.267 e. The molecule has 4 aromatic rings. The number of nitrogens with zero attached hydrogens (tertiary/aromatic N) is 3. The molecule has 0 aliphatic heterocycles. The molecule has 150 valence electrons. The molecule has 0 spiro atoms. The summed E-state index contributed by atoms with van der Waals surface area (Å²) < 4.78 is 16.4. The molecule has 1 amide bonds. The highest BCUT2D eigenvalue weighted by Crippen LogP contribution is 2.24. The lowest BCUT2D eigenvalue weighted by Crippen LogP contribution is -2.23. The Balaban J connectivity index is 1.78. The molecular weight excluding hydrogens is 475 g/mol. The van der Waals surface area contributed by atoms with E-state index in [9.17, 15) is 14.0 Å². The van der Waals surface area contributed by atoms with Crippen molar-refractivity contribution in [2.24, 2.45) is 0 Å². The fourth-order valence-electron chi connectivity index (χ4n) is 3.04. The Labute approximate surface area is 183 Å². The Morgan fingerprint density at radius 1 is 1.20 bits per heavy atom. The first-order valence-corrected chi connectivity index (χ1v) is 9.93. The SMILES string of the molecule is Cc1nc2ncccc2c(=O)n1-c1ccc(F)c(NC(=O)c2cc(Br)ccc2Cl)c1. The zero-order valence-corrected chi connectivity index (χ0v) is 17.8. The molecule has 4 rings (SSSR count). The molecule has 0 saturated carbocycles. The Morgan fingerprint density at radius 3 is 2.80 bits per heavy atom. The number of anilines is 1. The summed E-state index contributed by atoms with van der Waals surface area (Å²) in [5.41, 5.74) is 0.433. The van der Waals surface area contributed by atoms with Gasteiger partial charge < -0.3 is 5.32 Å². The Hall–Kier alpha value is -3.10. The van der Waals surface area contributed by atoms with Crippen molar-refractivity contribution in [1.29, 1.82) is 0 Å². The first kappa shape index (κ1) is 20.2. The lowest BCUT2D eigenvalue weighted by atomic mass is 10.2. The summed E-state index contributed by atoms with van der Waals surface area (Å²) >= 11 is 9.37. The number of hydrogen-bond donors (Lipinski definition) is 1. The van der Waals surface area contributed by atoms with Gasteiger partial charge in [-0.15, -0.1) is 0 Å². The largest absolute Gasteiger partial charge is 0.319 e. The molecule has 9 heteroatoms. The fraction of sp³-hybridized carbons (Fsp3) is 0.0476. The molecule has 0 aliphatic rings. The Bertz CT molecular complexity index is 1370. The van der Waals surface area contributed by atoms with Crippen LogP contribution in [0.15, 0.2) is 64.0 Å². The summed E-state index contributed by atoms with van der Waals surface area (Å²) in [4.78, 5) is 34.0. The van der Waals surface area contributed by atoms with Gasteiger partial charge in [-0.3, -0.25) is 14.2 Å². The standard InChI is InChI=1S/C21H13BrClFN4O2/c1-11-26-19-14(3-2-8-25-19)21(30)28(11)13-5-7-17(24)18(10-13)27-20(29)15-9-12(22)4-6-16(15)23/h2-10H,1H3,(H,27,29). The number of rotatable bonds is 3. The van der Waals surface area contributed by atoms with Gasteiger partial charge in [-0.05, 0) is 55.5 Å². The van der Waals surface area contributed by atoms with E-state index in [-0.39, 0.29) is 21.8 Å². The molecular formula is C21H13BrClFN4O2. The van der Waals surface area contributed by atoms with Crippen LogP contribution in [0.4, 0.5) is 10.1 Å². The summed E-state index contributed by atoms with van der Waals surface area (Å²) in [6, 6.07) is 12.0. The summed E-state index contributed by atoms with van der Waals surface area (Å²) in [5.74, 6) is -0.855. The molecule has 2 aromatic carbocycles. The molecule has 0 radical (unpaired) electrons. The molecule has 0 fully saturated rings. The number of aryl methyl sites for hydroxylation is 1. The third kappa shape index (κ3) is 3.71. The molecule has 0 atom stereocenters. The summed E-state index contributed by atoms with van der Waals surface area (Å²) in [7, 11) is 0. The minimum Gasteiger partial charge on any atom is -0.319 e. The van der Waals surface area contributed by atoms with Gasteiger partial charge in [0, 0.05) is 10.7 Å². The highest BCUT2D eigenvalue weighted by Gasteiger charge is 2.16. The molecule has 2 aromatic heterocycles. The van der Waals surface area contributed by atoms with Gasteiger partial charge in [0.1, 0.15) is 11.6 Å². The van der Waals surface area contributed by atoms with Crippen LogP contribution in [-0.4, -0.2) is 20.4 Å². The Kier molecular flexibility index (Phi) is 5.36. The second-order valence-corrected chi connectivity index (χ2v) is 7.74. The maximum absolute atomic E-state index is 14.4. The number of halogens is 3. The molecule has 0 aliphatic carbocycles. The van der Waals surface area contributed by atoms with E-state index in [1.165, 1.54) is 28.8 Å². The summed E-state index contributed by atoms with van der Waals surface area (Å²) in [6.45, 7) is 1.65. The number of fused-ring (bicyclic) bond motifs is 1. The van der Waals surface area contributed by atoms with Crippen molar-refractivity contribution in [1.82, 2.24) is 14.5 Å². The normalized spacial score (nSPS) is 10.9. The maximum atomic E-state index is 14.4. The molecule has 2 heterocycles. The predicted octanol–water partition coefficient (Wildman–Crippen LogP) is 4.90. The van der Waals surface area contributed by atoms with Crippen LogP contribution >= 0.6 is 27.5 Å². The minimum atomic E-state index is -0.653. The average molecular weight is 488 g/mol. The topological polar surface area (TPSA) is 76.9 Å². The van der Waals surface area contributed by atoms with E-state index in [2.05, 4.69) is 31.2 Å². The highest BCUT2D eigenvalue weighted by atomic mass is 79.9. The maximum Gasteiger partial charge on any atom is 0.267 e. The van der Waals surface area contributed by atoms with Crippen LogP contribution in [-0.2, 0) is 0 Å². The number of pyridine rings is 1. The number of aromatic nitrogens is 3. The van der Waals surface area contributed by atoms with Crippen molar-refractivity contribution in [3.05, 3.63) is 91.8 Å². The summed E-state index contributed by atoms with van der Waals surface area (Å²) in [5, 5.41) is 3.07. The van der Waals surface area contributed by atoms with Crippen molar-refractivity contribution < 1.29 is 9.18 Å². The second kappa shape index (κ2) is 7.97. The van der Waals surface area contributed by atoms with Crippen LogP contribution in [0.5, 0.6) is 0 Å². The molecule has 0 saturated heterocycles. The van der Waals surface area contributed by atoms with E-state index >= 15 is 0 Å². The van der Waals surface area contributed by atoms with Crippen LogP contribution in [0.1, 0.15) is 16.2 Å².